The lowest BCUT2D eigenvalue weighted by Crippen LogP contribution is -2.41. The number of nitro benzene ring substituents is 1. The van der Waals surface area contributed by atoms with Gasteiger partial charge in [0.15, 0.2) is 5.75 Å². The Labute approximate surface area is 121 Å². The summed E-state index contributed by atoms with van der Waals surface area (Å²) in [5.74, 6) is -0.738. The number of hydrogen-bond acceptors (Lipinski definition) is 6. The molecule has 0 heterocycles. The molecule has 0 radical (unpaired) electrons. The number of rotatable bonds is 9. The number of aliphatic carboxylic acids is 1. The first-order valence-corrected chi connectivity index (χ1v) is 6.41. The van der Waals surface area contributed by atoms with Crippen LogP contribution in [-0.4, -0.2) is 42.3 Å². The molecule has 21 heavy (non-hydrogen) atoms. The molecule has 0 fully saturated rings. The molecule has 0 aliphatic rings. The maximum atomic E-state index is 11.0. The van der Waals surface area contributed by atoms with E-state index in [4.69, 9.17) is 14.6 Å². The topological polar surface area (TPSA) is 111 Å². The average Bonchev–Trinajstić information content (AvgIpc) is 2.46. The number of ether oxygens (including phenoxy) is 2. The minimum absolute atomic E-state index is 0.00495. The standard InChI is InChI=1S/C13H18N2O6/c1-3-6-14-10(13(16)17)8-21-12-5-4-9(20-2)7-11(12)15(18)19/h4-5,7,10,14H,3,6,8H2,1-2H3,(H,16,17). The van der Waals surface area contributed by atoms with Gasteiger partial charge in [-0.05, 0) is 25.1 Å². The van der Waals surface area contributed by atoms with Crippen molar-refractivity contribution in [2.24, 2.45) is 0 Å². The van der Waals surface area contributed by atoms with E-state index < -0.39 is 16.9 Å². The molecular weight excluding hydrogens is 280 g/mol. The summed E-state index contributed by atoms with van der Waals surface area (Å²) in [7, 11) is 1.40. The van der Waals surface area contributed by atoms with Gasteiger partial charge in [-0.3, -0.25) is 14.9 Å². The van der Waals surface area contributed by atoms with Gasteiger partial charge in [0.05, 0.1) is 18.1 Å². The van der Waals surface area contributed by atoms with E-state index in [9.17, 15) is 14.9 Å². The van der Waals surface area contributed by atoms with Crippen molar-refractivity contribution in [1.82, 2.24) is 5.32 Å². The number of benzene rings is 1. The Balaban J connectivity index is 2.81. The third-order valence-electron chi connectivity index (χ3n) is 2.71. The van der Waals surface area contributed by atoms with Gasteiger partial charge >= 0.3 is 11.7 Å². The first kappa shape index (κ1) is 16.7. The molecule has 2 N–H and O–H groups in total. The van der Waals surface area contributed by atoms with E-state index in [0.717, 1.165) is 6.42 Å². The highest BCUT2D eigenvalue weighted by molar-refractivity contribution is 5.73. The largest absolute Gasteiger partial charge is 0.496 e. The first-order chi connectivity index (χ1) is 9.99. The SMILES string of the molecule is CCCNC(COc1ccc(OC)cc1[N+](=O)[O-])C(=O)O. The summed E-state index contributed by atoms with van der Waals surface area (Å²) >= 11 is 0. The fourth-order valence-corrected chi connectivity index (χ4v) is 1.60. The molecule has 0 amide bonds. The Morgan fingerprint density at radius 2 is 2.24 bits per heavy atom. The third-order valence-corrected chi connectivity index (χ3v) is 2.71. The normalized spacial score (nSPS) is 11.7. The summed E-state index contributed by atoms with van der Waals surface area (Å²) in [4.78, 5) is 21.4. The Morgan fingerprint density at radius 3 is 2.76 bits per heavy atom. The van der Waals surface area contributed by atoms with E-state index in [1.54, 1.807) is 0 Å². The molecular formula is C13H18N2O6. The Kier molecular flexibility index (Phi) is 6.41. The number of carbonyl (C=O) groups is 1. The van der Waals surface area contributed by atoms with Crippen molar-refractivity contribution in [2.45, 2.75) is 19.4 Å². The lowest BCUT2D eigenvalue weighted by molar-refractivity contribution is -0.386. The lowest BCUT2D eigenvalue weighted by atomic mass is 10.2. The Bertz CT molecular complexity index is 505. The third kappa shape index (κ3) is 4.92. The van der Waals surface area contributed by atoms with Gasteiger partial charge in [-0.2, -0.15) is 0 Å². The highest BCUT2D eigenvalue weighted by Gasteiger charge is 2.21. The monoisotopic (exact) mass is 298 g/mol. The van der Waals surface area contributed by atoms with Crippen LogP contribution in [0.2, 0.25) is 0 Å². The number of nitrogens with one attached hydrogen (secondary N) is 1. The van der Waals surface area contributed by atoms with Crippen molar-refractivity contribution in [2.75, 3.05) is 20.3 Å². The van der Waals surface area contributed by atoms with E-state index >= 15 is 0 Å². The fraction of sp³-hybridized carbons (Fsp3) is 0.462. The smallest absolute Gasteiger partial charge is 0.324 e. The molecule has 1 unspecified atom stereocenters. The number of carboxylic acid groups (broad SMARTS) is 1. The van der Waals surface area contributed by atoms with Crippen molar-refractivity contribution in [3.8, 4) is 11.5 Å². The number of carboxylic acids is 1. The van der Waals surface area contributed by atoms with Crippen LogP contribution in [0, 0.1) is 10.1 Å². The molecule has 0 saturated heterocycles. The molecule has 1 rings (SSSR count). The quantitative estimate of drug-likeness (QED) is 0.524. The van der Waals surface area contributed by atoms with Gasteiger partial charge in [-0.25, -0.2) is 0 Å². The van der Waals surface area contributed by atoms with Crippen LogP contribution < -0.4 is 14.8 Å². The number of methoxy groups -OCH3 is 1. The molecule has 8 nitrogen and oxygen atoms in total. The predicted molar refractivity (Wildman–Crippen MR) is 74.9 cm³/mol. The van der Waals surface area contributed by atoms with Gasteiger partial charge in [-0.1, -0.05) is 6.92 Å². The molecule has 1 aromatic carbocycles. The Hall–Kier alpha value is -2.35. The molecule has 0 bridgehead atoms. The van der Waals surface area contributed by atoms with Crippen molar-refractivity contribution < 1.29 is 24.3 Å². The van der Waals surface area contributed by atoms with Crippen LogP contribution >= 0.6 is 0 Å². The second-order valence-corrected chi connectivity index (χ2v) is 4.25. The van der Waals surface area contributed by atoms with Gasteiger partial charge in [0.25, 0.3) is 0 Å². The zero-order valence-electron chi connectivity index (χ0n) is 11.9. The molecule has 0 aliphatic carbocycles. The van der Waals surface area contributed by atoms with Crippen molar-refractivity contribution in [3.05, 3.63) is 28.3 Å². The van der Waals surface area contributed by atoms with E-state index in [1.165, 1.54) is 25.3 Å². The number of nitrogens with zero attached hydrogens (tertiary/aromatic N) is 1. The average molecular weight is 298 g/mol. The second-order valence-electron chi connectivity index (χ2n) is 4.25. The fourth-order valence-electron chi connectivity index (χ4n) is 1.60. The molecule has 116 valence electrons. The van der Waals surface area contributed by atoms with E-state index in [1.807, 2.05) is 6.92 Å². The molecule has 1 atom stereocenters. The van der Waals surface area contributed by atoms with Crippen LogP contribution in [0.1, 0.15) is 13.3 Å². The minimum atomic E-state index is -1.07. The summed E-state index contributed by atoms with van der Waals surface area (Å²) in [6, 6.07) is 3.20. The van der Waals surface area contributed by atoms with Crippen molar-refractivity contribution in [1.29, 1.82) is 0 Å². The van der Waals surface area contributed by atoms with Crippen molar-refractivity contribution in [3.63, 3.8) is 0 Å². The summed E-state index contributed by atoms with van der Waals surface area (Å²) in [5, 5.41) is 22.8. The van der Waals surface area contributed by atoms with Crippen LogP contribution in [0.4, 0.5) is 5.69 Å². The molecule has 8 heteroatoms. The van der Waals surface area contributed by atoms with Gasteiger partial charge < -0.3 is 19.9 Å². The maximum absolute atomic E-state index is 11.0. The highest BCUT2D eigenvalue weighted by Crippen LogP contribution is 2.31. The van der Waals surface area contributed by atoms with E-state index in [2.05, 4.69) is 5.32 Å². The van der Waals surface area contributed by atoms with Crippen LogP contribution in [0.5, 0.6) is 11.5 Å². The van der Waals surface area contributed by atoms with Gasteiger partial charge in [-0.15, -0.1) is 0 Å². The van der Waals surface area contributed by atoms with Crippen LogP contribution in [0.25, 0.3) is 0 Å². The predicted octanol–water partition coefficient (Wildman–Crippen LogP) is 1.43. The first-order valence-electron chi connectivity index (χ1n) is 6.41. The molecule has 0 aromatic heterocycles. The van der Waals surface area contributed by atoms with E-state index in [0.29, 0.717) is 12.3 Å². The van der Waals surface area contributed by atoms with Crippen LogP contribution in [0.15, 0.2) is 18.2 Å². The maximum Gasteiger partial charge on any atom is 0.324 e. The van der Waals surface area contributed by atoms with Gasteiger partial charge in [0.2, 0.25) is 0 Å². The van der Waals surface area contributed by atoms with Crippen molar-refractivity contribution >= 4 is 11.7 Å². The number of nitro groups is 1. The van der Waals surface area contributed by atoms with Crippen LogP contribution in [-0.2, 0) is 4.79 Å². The summed E-state index contributed by atoms with van der Waals surface area (Å²) in [6.07, 6.45) is 0.770. The van der Waals surface area contributed by atoms with Crippen LogP contribution in [0.3, 0.4) is 0 Å². The molecule has 0 saturated carbocycles. The zero-order chi connectivity index (χ0) is 15.8. The number of hydrogen-bond donors (Lipinski definition) is 2. The molecule has 1 aromatic rings. The lowest BCUT2D eigenvalue weighted by Gasteiger charge is -2.15. The second kappa shape index (κ2) is 8.05. The van der Waals surface area contributed by atoms with Gasteiger partial charge in [0.1, 0.15) is 18.4 Å². The highest BCUT2D eigenvalue weighted by atomic mass is 16.6. The summed E-state index contributed by atoms with van der Waals surface area (Å²) < 4.78 is 10.2. The summed E-state index contributed by atoms with van der Waals surface area (Å²) in [5.41, 5.74) is -0.269. The van der Waals surface area contributed by atoms with Gasteiger partial charge in [0, 0.05) is 0 Å². The molecule has 0 aliphatic heterocycles. The molecule has 0 spiro atoms. The van der Waals surface area contributed by atoms with E-state index in [-0.39, 0.29) is 18.0 Å². The zero-order valence-corrected chi connectivity index (χ0v) is 11.9. The Morgan fingerprint density at radius 1 is 1.52 bits per heavy atom. The summed E-state index contributed by atoms with van der Waals surface area (Å²) in [6.45, 7) is 2.22. The minimum Gasteiger partial charge on any atom is -0.496 e.